The summed E-state index contributed by atoms with van der Waals surface area (Å²) < 4.78 is 0. The van der Waals surface area contributed by atoms with Gasteiger partial charge in [0.25, 0.3) is 0 Å². The average Bonchev–Trinajstić information content (AvgIpc) is 2.50. The fourth-order valence-corrected chi connectivity index (χ4v) is 3.00. The first kappa shape index (κ1) is 23.9. The van der Waals surface area contributed by atoms with E-state index in [1.54, 1.807) is 0 Å². The quantitative estimate of drug-likeness (QED) is 0.405. The van der Waals surface area contributed by atoms with Gasteiger partial charge in [0.05, 0.1) is 0 Å². The minimum absolute atomic E-state index is 0.211. The molecule has 3 N–H and O–H groups in total. The van der Waals surface area contributed by atoms with Gasteiger partial charge in [0.2, 0.25) is 0 Å². The van der Waals surface area contributed by atoms with Crippen LogP contribution in [0.5, 0.6) is 0 Å². The zero-order chi connectivity index (χ0) is 18.6. The molecule has 0 aliphatic heterocycles. The zero-order valence-corrected chi connectivity index (χ0v) is 18.0. The first-order chi connectivity index (χ1) is 11.2. The highest BCUT2D eigenvalue weighted by Gasteiger charge is 2.27. The SMILES string of the molecule is CCC(CC)NCC(CC)(CCNCC(C)(C)C)NCCC(C)C. The molecule has 1 unspecified atom stereocenters. The molecular weight excluding hydrogens is 294 g/mol. The van der Waals surface area contributed by atoms with Gasteiger partial charge in [0.1, 0.15) is 0 Å². The Hall–Kier alpha value is -0.120. The molecule has 0 rings (SSSR count). The van der Waals surface area contributed by atoms with Crippen LogP contribution in [0.1, 0.15) is 87.5 Å². The summed E-state index contributed by atoms with van der Waals surface area (Å²) in [7, 11) is 0. The second kappa shape index (κ2) is 12.3. The van der Waals surface area contributed by atoms with Crippen LogP contribution >= 0.6 is 0 Å². The van der Waals surface area contributed by atoms with Crippen molar-refractivity contribution in [3.8, 4) is 0 Å². The molecule has 0 bridgehead atoms. The van der Waals surface area contributed by atoms with Crippen molar-refractivity contribution in [2.75, 3.05) is 26.2 Å². The van der Waals surface area contributed by atoms with Gasteiger partial charge in [0, 0.05) is 18.1 Å². The fraction of sp³-hybridized carbons (Fsp3) is 1.00. The molecule has 0 saturated heterocycles. The highest BCUT2D eigenvalue weighted by Crippen LogP contribution is 2.17. The van der Waals surface area contributed by atoms with Gasteiger partial charge in [-0.3, -0.25) is 0 Å². The summed E-state index contributed by atoms with van der Waals surface area (Å²) in [5.41, 5.74) is 0.566. The molecule has 0 heterocycles. The van der Waals surface area contributed by atoms with Crippen molar-refractivity contribution in [1.82, 2.24) is 16.0 Å². The molecule has 0 radical (unpaired) electrons. The molecule has 0 aliphatic rings. The van der Waals surface area contributed by atoms with Gasteiger partial charge < -0.3 is 16.0 Å². The lowest BCUT2D eigenvalue weighted by atomic mass is 9.90. The Balaban J connectivity index is 4.63. The molecule has 24 heavy (non-hydrogen) atoms. The summed E-state index contributed by atoms with van der Waals surface area (Å²) in [5.74, 6) is 0.762. The van der Waals surface area contributed by atoms with Gasteiger partial charge in [-0.15, -0.1) is 0 Å². The van der Waals surface area contributed by atoms with Gasteiger partial charge >= 0.3 is 0 Å². The second-order valence-electron chi connectivity index (χ2n) is 9.12. The van der Waals surface area contributed by atoms with E-state index in [9.17, 15) is 0 Å². The highest BCUT2D eigenvalue weighted by atomic mass is 15.1. The molecular formula is C21H47N3. The van der Waals surface area contributed by atoms with Gasteiger partial charge in [-0.1, -0.05) is 55.4 Å². The summed E-state index contributed by atoms with van der Waals surface area (Å²) in [6.07, 6.45) is 6.04. The first-order valence-electron chi connectivity index (χ1n) is 10.4. The molecule has 0 fully saturated rings. The molecule has 3 nitrogen and oxygen atoms in total. The maximum Gasteiger partial charge on any atom is 0.0315 e. The molecule has 0 saturated carbocycles. The summed E-state index contributed by atoms with van der Waals surface area (Å²) in [5, 5.41) is 11.4. The van der Waals surface area contributed by atoms with Crippen LogP contribution in [0.2, 0.25) is 0 Å². The van der Waals surface area contributed by atoms with Crippen LogP contribution in [0.15, 0.2) is 0 Å². The van der Waals surface area contributed by atoms with Crippen molar-refractivity contribution in [1.29, 1.82) is 0 Å². The van der Waals surface area contributed by atoms with Crippen molar-refractivity contribution >= 4 is 0 Å². The maximum atomic E-state index is 3.91. The van der Waals surface area contributed by atoms with Gasteiger partial charge in [0.15, 0.2) is 0 Å². The molecule has 0 amide bonds. The third kappa shape index (κ3) is 11.4. The van der Waals surface area contributed by atoms with Crippen molar-refractivity contribution in [3.05, 3.63) is 0 Å². The third-order valence-corrected chi connectivity index (χ3v) is 5.05. The minimum atomic E-state index is 0.211. The van der Waals surface area contributed by atoms with Crippen LogP contribution in [0.4, 0.5) is 0 Å². The molecule has 1 atom stereocenters. The second-order valence-corrected chi connectivity index (χ2v) is 9.12. The van der Waals surface area contributed by atoms with Gasteiger partial charge in [-0.25, -0.2) is 0 Å². The lowest BCUT2D eigenvalue weighted by Crippen LogP contribution is -2.55. The van der Waals surface area contributed by atoms with Crippen molar-refractivity contribution in [2.24, 2.45) is 11.3 Å². The standard InChI is InChI=1S/C21H47N3/c1-9-19(10-2)23-17-21(11-3,24-14-12-18(4)5)13-15-22-16-20(6,7)8/h18-19,22-24H,9-17H2,1-8H3. The number of hydrogen-bond acceptors (Lipinski definition) is 3. The third-order valence-electron chi connectivity index (χ3n) is 5.05. The molecule has 0 aromatic heterocycles. The van der Waals surface area contributed by atoms with Crippen LogP contribution in [0.25, 0.3) is 0 Å². The Kier molecular flexibility index (Phi) is 12.2. The van der Waals surface area contributed by atoms with Crippen molar-refractivity contribution < 1.29 is 0 Å². The van der Waals surface area contributed by atoms with E-state index in [4.69, 9.17) is 0 Å². The maximum absolute atomic E-state index is 3.91. The van der Waals surface area contributed by atoms with E-state index < -0.39 is 0 Å². The van der Waals surface area contributed by atoms with Crippen LogP contribution in [0, 0.1) is 11.3 Å². The molecule has 146 valence electrons. The lowest BCUT2D eigenvalue weighted by Gasteiger charge is -2.37. The van der Waals surface area contributed by atoms with Gasteiger partial charge in [-0.05, 0) is 63.1 Å². The van der Waals surface area contributed by atoms with E-state index >= 15 is 0 Å². The highest BCUT2D eigenvalue weighted by molar-refractivity contribution is 4.91. The molecule has 3 heteroatoms. The molecule has 0 spiro atoms. The van der Waals surface area contributed by atoms with Crippen molar-refractivity contribution in [3.63, 3.8) is 0 Å². The Morgan fingerprint density at radius 2 is 1.50 bits per heavy atom. The van der Waals surface area contributed by atoms with E-state index in [1.807, 2.05) is 0 Å². The summed E-state index contributed by atoms with van der Waals surface area (Å²) in [4.78, 5) is 0. The predicted octanol–water partition coefficient (Wildman–Crippen LogP) is 4.57. The predicted molar refractivity (Wildman–Crippen MR) is 110 cm³/mol. The van der Waals surface area contributed by atoms with Crippen LogP contribution in [-0.2, 0) is 0 Å². The Morgan fingerprint density at radius 1 is 0.875 bits per heavy atom. The lowest BCUT2D eigenvalue weighted by molar-refractivity contribution is 0.250. The molecule has 0 aliphatic carbocycles. The first-order valence-corrected chi connectivity index (χ1v) is 10.4. The summed E-state index contributed by atoms with van der Waals surface area (Å²) in [6.45, 7) is 22.8. The summed E-state index contributed by atoms with van der Waals surface area (Å²) in [6, 6.07) is 0.644. The molecule has 0 aromatic rings. The van der Waals surface area contributed by atoms with Crippen molar-refractivity contribution in [2.45, 2.75) is 99.1 Å². The number of rotatable bonds is 14. The van der Waals surface area contributed by atoms with E-state index in [1.165, 1.54) is 32.1 Å². The smallest absolute Gasteiger partial charge is 0.0315 e. The number of hydrogen-bond donors (Lipinski definition) is 3. The monoisotopic (exact) mass is 341 g/mol. The normalized spacial score (nSPS) is 15.2. The van der Waals surface area contributed by atoms with Gasteiger partial charge in [-0.2, -0.15) is 0 Å². The summed E-state index contributed by atoms with van der Waals surface area (Å²) >= 11 is 0. The van der Waals surface area contributed by atoms with Crippen LogP contribution in [0.3, 0.4) is 0 Å². The molecule has 0 aromatic carbocycles. The largest absolute Gasteiger partial charge is 0.316 e. The Labute approximate surface area is 153 Å². The van der Waals surface area contributed by atoms with E-state index in [0.29, 0.717) is 11.5 Å². The van der Waals surface area contributed by atoms with E-state index in [0.717, 1.165) is 32.1 Å². The van der Waals surface area contributed by atoms with Crippen LogP contribution < -0.4 is 16.0 Å². The Bertz CT molecular complexity index is 292. The van der Waals surface area contributed by atoms with E-state index in [-0.39, 0.29) is 5.54 Å². The number of nitrogens with one attached hydrogen (secondary N) is 3. The average molecular weight is 342 g/mol. The topological polar surface area (TPSA) is 36.1 Å². The van der Waals surface area contributed by atoms with E-state index in [2.05, 4.69) is 71.3 Å². The Morgan fingerprint density at radius 3 is 1.96 bits per heavy atom. The zero-order valence-electron chi connectivity index (χ0n) is 18.0. The minimum Gasteiger partial charge on any atom is -0.316 e. The fourth-order valence-electron chi connectivity index (χ4n) is 3.00. The van der Waals surface area contributed by atoms with Crippen LogP contribution in [-0.4, -0.2) is 37.8 Å².